The smallest absolute Gasteiger partial charge is 0.274 e. The Morgan fingerprint density at radius 2 is 1.71 bits per heavy atom. The maximum absolute atomic E-state index is 12.8. The molecule has 0 radical (unpaired) electrons. The molecule has 3 aromatic rings. The highest BCUT2D eigenvalue weighted by atomic mass is 35.5. The summed E-state index contributed by atoms with van der Waals surface area (Å²) >= 11 is 6.11. The van der Waals surface area contributed by atoms with Crippen molar-refractivity contribution in [1.29, 1.82) is 0 Å². The number of methoxy groups -OCH3 is 2. The standard InChI is InChI=1S/C20H19ClN4O3/c1-12-22-16(11-19(23-12)24-13-7-5-4-6-8-13)20(26)25-15-10-17(27-2)14(21)9-18(15)28-3/h4-11H,1-3H3,(H,25,26)(H,22,23,24). The van der Waals surface area contributed by atoms with E-state index in [4.69, 9.17) is 21.1 Å². The van der Waals surface area contributed by atoms with Crippen molar-refractivity contribution >= 4 is 34.7 Å². The van der Waals surface area contributed by atoms with Crippen LogP contribution in [0, 0.1) is 6.92 Å². The maximum Gasteiger partial charge on any atom is 0.274 e. The predicted molar refractivity (Wildman–Crippen MR) is 109 cm³/mol. The summed E-state index contributed by atoms with van der Waals surface area (Å²) in [6.07, 6.45) is 0. The molecule has 1 heterocycles. The Balaban J connectivity index is 1.87. The van der Waals surface area contributed by atoms with E-state index < -0.39 is 5.91 Å². The van der Waals surface area contributed by atoms with Crippen LogP contribution < -0.4 is 20.1 Å². The SMILES string of the molecule is COc1cc(NC(=O)c2cc(Nc3ccccc3)nc(C)n2)c(OC)cc1Cl. The fourth-order valence-electron chi connectivity index (χ4n) is 2.56. The van der Waals surface area contributed by atoms with Gasteiger partial charge in [-0.05, 0) is 19.1 Å². The molecule has 0 aliphatic heterocycles. The minimum Gasteiger partial charge on any atom is -0.495 e. The molecule has 144 valence electrons. The molecule has 2 N–H and O–H groups in total. The van der Waals surface area contributed by atoms with Crippen LogP contribution in [0.4, 0.5) is 17.2 Å². The average molecular weight is 399 g/mol. The zero-order chi connectivity index (χ0) is 20.1. The van der Waals surface area contributed by atoms with E-state index in [9.17, 15) is 4.79 Å². The molecule has 1 amide bonds. The molecule has 3 rings (SSSR count). The molecule has 0 fully saturated rings. The fraction of sp³-hybridized carbons (Fsp3) is 0.150. The molecule has 0 spiro atoms. The number of carbonyl (C=O) groups is 1. The van der Waals surface area contributed by atoms with Gasteiger partial charge in [-0.1, -0.05) is 29.8 Å². The normalized spacial score (nSPS) is 10.3. The monoisotopic (exact) mass is 398 g/mol. The van der Waals surface area contributed by atoms with Crippen molar-refractivity contribution in [3.63, 3.8) is 0 Å². The molecule has 0 atom stereocenters. The molecule has 0 unspecified atom stereocenters. The van der Waals surface area contributed by atoms with Gasteiger partial charge < -0.3 is 20.1 Å². The molecule has 1 aromatic heterocycles. The highest BCUT2D eigenvalue weighted by molar-refractivity contribution is 6.32. The number of amides is 1. The third kappa shape index (κ3) is 4.50. The number of anilines is 3. The number of para-hydroxylation sites is 1. The minimum atomic E-state index is -0.413. The quantitative estimate of drug-likeness (QED) is 0.638. The van der Waals surface area contributed by atoms with Gasteiger partial charge in [0.05, 0.1) is 24.9 Å². The highest BCUT2D eigenvalue weighted by Crippen LogP contribution is 2.36. The molecule has 0 aliphatic carbocycles. The first-order valence-electron chi connectivity index (χ1n) is 8.41. The molecule has 8 heteroatoms. The van der Waals surface area contributed by atoms with E-state index in [0.29, 0.717) is 33.9 Å². The lowest BCUT2D eigenvalue weighted by Crippen LogP contribution is -2.16. The van der Waals surface area contributed by atoms with E-state index in [0.717, 1.165) is 5.69 Å². The van der Waals surface area contributed by atoms with Crippen molar-refractivity contribution in [2.45, 2.75) is 6.92 Å². The molecule has 0 saturated carbocycles. The lowest BCUT2D eigenvalue weighted by Gasteiger charge is -2.13. The summed E-state index contributed by atoms with van der Waals surface area (Å²) < 4.78 is 10.5. The second-order valence-electron chi connectivity index (χ2n) is 5.82. The van der Waals surface area contributed by atoms with Crippen LogP contribution in [-0.4, -0.2) is 30.1 Å². The first-order valence-corrected chi connectivity index (χ1v) is 8.78. The van der Waals surface area contributed by atoms with Gasteiger partial charge in [-0.2, -0.15) is 0 Å². The van der Waals surface area contributed by atoms with Crippen LogP contribution in [0.1, 0.15) is 16.3 Å². The van der Waals surface area contributed by atoms with E-state index in [1.807, 2.05) is 30.3 Å². The lowest BCUT2D eigenvalue weighted by molar-refractivity contribution is 0.102. The molecule has 0 aliphatic rings. The van der Waals surface area contributed by atoms with Gasteiger partial charge in [-0.15, -0.1) is 0 Å². The number of rotatable bonds is 6. The second kappa shape index (κ2) is 8.58. The molecule has 2 aromatic carbocycles. The average Bonchev–Trinajstić information content (AvgIpc) is 2.69. The van der Waals surface area contributed by atoms with Crippen LogP contribution in [0.2, 0.25) is 5.02 Å². The summed E-state index contributed by atoms with van der Waals surface area (Å²) in [7, 11) is 2.99. The van der Waals surface area contributed by atoms with Crippen LogP contribution in [0.5, 0.6) is 11.5 Å². The Morgan fingerprint density at radius 1 is 1.00 bits per heavy atom. The number of benzene rings is 2. The third-order valence-electron chi connectivity index (χ3n) is 3.84. The number of hydrogen-bond donors (Lipinski definition) is 2. The molecular formula is C20H19ClN4O3. The molecule has 0 bridgehead atoms. The highest BCUT2D eigenvalue weighted by Gasteiger charge is 2.16. The Hall–Kier alpha value is -3.32. The van der Waals surface area contributed by atoms with Gasteiger partial charge in [0.1, 0.15) is 28.8 Å². The summed E-state index contributed by atoms with van der Waals surface area (Å²) in [6.45, 7) is 1.72. The molecule has 28 heavy (non-hydrogen) atoms. The first-order chi connectivity index (χ1) is 13.5. The van der Waals surface area contributed by atoms with Crippen molar-refractivity contribution in [3.05, 3.63) is 65.1 Å². The van der Waals surface area contributed by atoms with E-state index >= 15 is 0 Å². The van der Waals surface area contributed by atoms with E-state index in [1.54, 1.807) is 25.1 Å². The number of aryl methyl sites for hydroxylation is 1. The van der Waals surface area contributed by atoms with Crippen LogP contribution >= 0.6 is 11.6 Å². The van der Waals surface area contributed by atoms with E-state index in [1.165, 1.54) is 14.2 Å². The van der Waals surface area contributed by atoms with Crippen LogP contribution in [0.15, 0.2) is 48.5 Å². The van der Waals surface area contributed by atoms with E-state index in [2.05, 4.69) is 20.6 Å². The largest absolute Gasteiger partial charge is 0.495 e. The van der Waals surface area contributed by atoms with Gasteiger partial charge in [0.25, 0.3) is 5.91 Å². The summed E-state index contributed by atoms with van der Waals surface area (Å²) in [5.41, 5.74) is 1.49. The number of hydrogen-bond acceptors (Lipinski definition) is 6. The number of nitrogens with zero attached hydrogens (tertiary/aromatic N) is 2. The van der Waals surface area contributed by atoms with Crippen molar-refractivity contribution in [3.8, 4) is 11.5 Å². The molecule has 0 saturated heterocycles. The van der Waals surface area contributed by atoms with Crippen LogP contribution in [0.25, 0.3) is 0 Å². The number of ether oxygens (including phenoxy) is 2. The summed E-state index contributed by atoms with van der Waals surface area (Å²) in [5.74, 6) is 1.40. The first kappa shape index (κ1) is 19.4. The van der Waals surface area contributed by atoms with Gasteiger partial charge in [0, 0.05) is 23.9 Å². The van der Waals surface area contributed by atoms with E-state index in [-0.39, 0.29) is 5.69 Å². The van der Waals surface area contributed by atoms with Crippen LogP contribution in [0.3, 0.4) is 0 Å². The van der Waals surface area contributed by atoms with Crippen LogP contribution in [-0.2, 0) is 0 Å². The van der Waals surface area contributed by atoms with Gasteiger partial charge in [0.15, 0.2) is 0 Å². The Kier molecular flexibility index (Phi) is 5.96. The molecule has 7 nitrogen and oxygen atoms in total. The third-order valence-corrected chi connectivity index (χ3v) is 4.13. The number of carbonyl (C=O) groups excluding carboxylic acids is 1. The zero-order valence-electron chi connectivity index (χ0n) is 15.6. The molecular weight excluding hydrogens is 380 g/mol. The Bertz CT molecular complexity index is 996. The summed E-state index contributed by atoms with van der Waals surface area (Å²) in [5, 5.41) is 6.32. The van der Waals surface area contributed by atoms with Gasteiger partial charge >= 0.3 is 0 Å². The maximum atomic E-state index is 12.8. The Morgan fingerprint density at radius 3 is 2.39 bits per heavy atom. The topological polar surface area (TPSA) is 85.4 Å². The zero-order valence-corrected chi connectivity index (χ0v) is 16.4. The Labute approximate surface area is 167 Å². The second-order valence-corrected chi connectivity index (χ2v) is 6.23. The van der Waals surface area contributed by atoms with Crippen molar-refractivity contribution in [1.82, 2.24) is 9.97 Å². The fourth-order valence-corrected chi connectivity index (χ4v) is 2.79. The van der Waals surface area contributed by atoms with Crippen molar-refractivity contribution in [2.75, 3.05) is 24.9 Å². The summed E-state index contributed by atoms with van der Waals surface area (Å²) in [6, 6.07) is 14.3. The van der Waals surface area contributed by atoms with Crippen molar-refractivity contribution in [2.24, 2.45) is 0 Å². The number of aromatic nitrogens is 2. The predicted octanol–water partition coefficient (Wildman–Crippen LogP) is 4.45. The van der Waals surface area contributed by atoms with Crippen molar-refractivity contribution < 1.29 is 14.3 Å². The lowest BCUT2D eigenvalue weighted by atomic mass is 10.2. The summed E-state index contributed by atoms with van der Waals surface area (Å²) in [4.78, 5) is 21.3. The number of halogens is 1. The minimum absolute atomic E-state index is 0.210. The van der Waals surface area contributed by atoms with Gasteiger partial charge in [-0.3, -0.25) is 4.79 Å². The number of nitrogens with one attached hydrogen (secondary N) is 2. The van der Waals surface area contributed by atoms with Gasteiger partial charge in [-0.25, -0.2) is 9.97 Å². The van der Waals surface area contributed by atoms with Gasteiger partial charge in [0.2, 0.25) is 0 Å².